The molecule has 0 bridgehead atoms. The van der Waals surface area contributed by atoms with Gasteiger partial charge < -0.3 is 10.2 Å². The average molecular weight is 295 g/mol. The SMILES string of the molecule is CCCN(CC1CCCN1)C(=O)c1cccc(Cl)c1C. The molecule has 3 nitrogen and oxygen atoms in total. The summed E-state index contributed by atoms with van der Waals surface area (Å²) >= 11 is 6.13. The molecule has 1 atom stereocenters. The summed E-state index contributed by atoms with van der Waals surface area (Å²) in [6.07, 6.45) is 3.33. The summed E-state index contributed by atoms with van der Waals surface area (Å²) in [7, 11) is 0. The zero-order valence-electron chi connectivity index (χ0n) is 12.3. The molecule has 0 aromatic heterocycles. The van der Waals surface area contributed by atoms with E-state index in [1.54, 1.807) is 0 Å². The molecule has 1 aromatic rings. The van der Waals surface area contributed by atoms with Crippen molar-refractivity contribution in [3.63, 3.8) is 0 Å². The first-order valence-electron chi connectivity index (χ1n) is 7.41. The van der Waals surface area contributed by atoms with Gasteiger partial charge in [-0.2, -0.15) is 0 Å². The van der Waals surface area contributed by atoms with Crippen molar-refractivity contribution in [2.75, 3.05) is 19.6 Å². The molecule has 1 aliphatic heterocycles. The molecule has 1 heterocycles. The van der Waals surface area contributed by atoms with E-state index in [-0.39, 0.29) is 5.91 Å². The van der Waals surface area contributed by atoms with Crippen molar-refractivity contribution in [3.05, 3.63) is 34.3 Å². The van der Waals surface area contributed by atoms with Crippen molar-refractivity contribution >= 4 is 17.5 Å². The highest BCUT2D eigenvalue weighted by Crippen LogP contribution is 2.21. The molecule has 1 aliphatic rings. The van der Waals surface area contributed by atoms with Gasteiger partial charge >= 0.3 is 0 Å². The first-order chi connectivity index (χ1) is 9.63. The summed E-state index contributed by atoms with van der Waals surface area (Å²) in [5, 5.41) is 4.12. The fraction of sp³-hybridized carbons (Fsp3) is 0.562. The van der Waals surface area contributed by atoms with Crippen LogP contribution in [0.4, 0.5) is 0 Å². The smallest absolute Gasteiger partial charge is 0.254 e. The Hall–Kier alpha value is -1.06. The lowest BCUT2D eigenvalue weighted by Gasteiger charge is -2.26. The number of nitrogens with zero attached hydrogens (tertiary/aromatic N) is 1. The minimum atomic E-state index is 0.0977. The van der Waals surface area contributed by atoms with Gasteiger partial charge in [0.25, 0.3) is 5.91 Å². The highest BCUT2D eigenvalue weighted by Gasteiger charge is 2.23. The van der Waals surface area contributed by atoms with Gasteiger partial charge in [0.2, 0.25) is 0 Å². The van der Waals surface area contributed by atoms with Crippen LogP contribution in [0, 0.1) is 6.92 Å². The van der Waals surface area contributed by atoms with E-state index in [0.29, 0.717) is 11.1 Å². The minimum absolute atomic E-state index is 0.0977. The average Bonchev–Trinajstić information content (AvgIpc) is 2.94. The summed E-state index contributed by atoms with van der Waals surface area (Å²) in [6, 6.07) is 5.98. The zero-order valence-corrected chi connectivity index (χ0v) is 13.0. The van der Waals surface area contributed by atoms with Crippen molar-refractivity contribution in [1.29, 1.82) is 0 Å². The number of rotatable bonds is 5. The van der Waals surface area contributed by atoms with E-state index in [0.717, 1.165) is 43.6 Å². The van der Waals surface area contributed by atoms with Crippen LogP contribution in [0.3, 0.4) is 0 Å². The van der Waals surface area contributed by atoms with Gasteiger partial charge in [-0.05, 0) is 50.4 Å². The Balaban J connectivity index is 2.14. The number of hydrogen-bond donors (Lipinski definition) is 1. The molecule has 0 radical (unpaired) electrons. The van der Waals surface area contributed by atoms with E-state index in [4.69, 9.17) is 11.6 Å². The van der Waals surface area contributed by atoms with Gasteiger partial charge in [0.1, 0.15) is 0 Å². The molecular weight excluding hydrogens is 272 g/mol. The molecule has 20 heavy (non-hydrogen) atoms. The number of amides is 1. The molecule has 1 saturated heterocycles. The number of benzene rings is 1. The summed E-state index contributed by atoms with van der Waals surface area (Å²) < 4.78 is 0. The molecule has 1 N–H and O–H groups in total. The highest BCUT2D eigenvalue weighted by molar-refractivity contribution is 6.31. The lowest BCUT2D eigenvalue weighted by atomic mass is 10.1. The van der Waals surface area contributed by atoms with Crippen LogP contribution < -0.4 is 5.32 Å². The highest BCUT2D eigenvalue weighted by atomic mass is 35.5. The maximum Gasteiger partial charge on any atom is 0.254 e. The standard InChI is InChI=1S/C16H23ClN2O/c1-3-10-19(11-13-6-5-9-18-13)16(20)14-7-4-8-15(17)12(14)2/h4,7-8,13,18H,3,5-6,9-11H2,1-2H3. The number of carbonyl (C=O) groups is 1. The van der Waals surface area contributed by atoms with Crippen LogP contribution in [0.1, 0.15) is 42.1 Å². The lowest BCUT2D eigenvalue weighted by molar-refractivity contribution is 0.0741. The van der Waals surface area contributed by atoms with Gasteiger partial charge in [-0.1, -0.05) is 24.6 Å². The second-order valence-electron chi connectivity index (χ2n) is 5.46. The first-order valence-corrected chi connectivity index (χ1v) is 7.79. The Labute approximate surface area is 126 Å². The van der Waals surface area contributed by atoms with Crippen LogP contribution in [0.5, 0.6) is 0 Å². The van der Waals surface area contributed by atoms with Gasteiger partial charge in [0.15, 0.2) is 0 Å². The molecule has 1 fully saturated rings. The summed E-state index contributed by atoms with van der Waals surface area (Å²) in [5.41, 5.74) is 1.60. The molecular formula is C16H23ClN2O. The second-order valence-corrected chi connectivity index (χ2v) is 5.86. The summed E-state index contributed by atoms with van der Waals surface area (Å²) in [4.78, 5) is 14.7. The molecule has 2 rings (SSSR count). The normalized spacial score (nSPS) is 18.2. The third-order valence-corrected chi connectivity index (χ3v) is 4.29. The molecule has 1 aromatic carbocycles. The third-order valence-electron chi connectivity index (χ3n) is 3.88. The quantitative estimate of drug-likeness (QED) is 0.904. The minimum Gasteiger partial charge on any atom is -0.337 e. The first kappa shape index (κ1) is 15.3. The Bertz CT molecular complexity index is 470. The van der Waals surface area contributed by atoms with E-state index < -0.39 is 0 Å². The Morgan fingerprint density at radius 1 is 1.50 bits per heavy atom. The Kier molecular flexibility index (Phi) is 5.44. The number of hydrogen-bond acceptors (Lipinski definition) is 2. The lowest BCUT2D eigenvalue weighted by Crippen LogP contribution is -2.41. The largest absolute Gasteiger partial charge is 0.337 e. The van der Waals surface area contributed by atoms with Crippen LogP contribution in [0.2, 0.25) is 5.02 Å². The van der Waals surface area contributed by atoms with Gasteiger partial charge in [-0.25, -0.2) is 0 Å². The monoisotopic (exact) mass is 294 g/mol. The van der Waals surface area contributed by atoms with Gasteiger partial charge in [-0.3, -0.25) is 4.79 Å². The maximum atomic E-state index is 12.7. The van der Waals surface area contributed by atoms with E-state index >= 15 is 0 Å². The van der Waals surface area contributed by atoms with Crippen molar-refractivity contribution in [1.82, 2.24) is 10.2 Å². The third kappa shape index (κ3) is 3.53. The molecule has 0 aliphatic carbocycles. The van der Waals surface area contributed by atoms with E-state index in [1.165, 1.54) is 6.42 Å². The summed E-state index contributed by atoms with van der Waals surface area (Å²) in [5.74, 6) is 0.0977. The van der Waals surface area contributed by atoms with Crippen molar-refractivity contribution in [3.8, 4) is 0 Å². The van der Waals surface area contributed by atoms with Crippen molar-refractivity contribution in [2.45, 2.75) is 39.2 Å². The van der Waals surface area contributed by atoms with Gasteiger partial charge in [0, 0.05) is 29.7 Å². The topological polar surface area (TPSA) is 32.3 Å². The van der Waals surface area contributed by atoms with E-state index in [1.807, 2.05) is 30.0 Å². The molecule has 110 valence electrons. The Morgan fingerprint density at radius 3 is 2.95 bits per heavy atom. The molecule has 1 unspecified atom stereocenters. The molecule has 1 amide bonds. The maximum absolute atomic E-state index is 12.7. The zero-order chi connectivity index (χ0) is 14.5. The van der Waals surface area contributed by atoms with Crippen LogP contribution in [0.25, 0.3) is 0 Å². The fourth-order valence-electron chi connectivity index (χ4n) is 2.73. The van der Waals surface area contributed by atoms with Gasteiger partial charge in [0.05, 0.1) is 0 Å². The number of halogens is 1. The molecule has 4 heteroatoms. The van der Waals surface area contributed by atoms with Crippen molar-refractivity contribution in [2.24, 2.45) is 0 Å². The Morgan fingerprint density at radius 2 is 2.30 bits per heavy atom. The van der Waals surface area contributed by atoms with Crippen molar-refractivity contribution < 1.29 is 4.79 Å². The van der Waals surface area contributed by atoms with E-state index in [9.17, 15) is 4.79 Å². The fourth-order valence-corrected chi connectivity index (χ4v) is 2.91. The predicted molar refractivity (Wildman–Crippen MR) is 83.4 cm³/mol. The second kappa shape index (κ2) is 7.09. The molecule has 0 saturated carbocycles. The van der Waals surface area contributed by atoms with Crippen LogP contribution >= 0.6 is 11.6 Å². The number of carbonyl (C=O) groups excluding carboxylic acids is 1. The van der Waals surface area contributed by atoms with E-state index in [2.05, 4.69) is 12.2 Å². The van der Waals surface area contributed by atoms with Crippen LogP contribution in [-0.4, -0.2) is 36.5 Å². The van der Waals surface area contributed by atoms with Crippen LogP contribution in [0.15, 0.2) is 18.2 Å². The number of nitrogens with one attached hydrogen (secondary N) is 1. The van der Waals surface area contributed by atoms with Crippen LogP contribution in [-0.2, 0) is 0 Å². The summed E-state index contributed by atoms with van der Waals surface area (Å²) in [6.45, 7) is 6.66. The molecule has 0 spiro atoms. The van der Waals surface area contributed by atoms with Gasteiger partial charge in [-0.15, -0.1) is 0 Å². The predicted octanol–water partition coefficient (Wildman–Crippen LogP) is 3.25.